The Kier molecular flexibility index (Phi) is 6.92. The molecule has 0 aliphatic rings. The molecule has 0 aliphatic heterocycles. The van der Waals surface area contributed by atoms with Crippen LogP contribution in [0.3, 0.4) is 0 Å². The summed E-state index contributed by atoms with van der Waals surface area (Å²) in [5.41, 5.74) is 1.57. The number of hydrogen-bond acceptors (Lipinski definition) is 5. The van der Waals surface area contributed by atoms with Crippen molar-refractivity contribution >= 4 is 28.9 Å². The van der Waals surface area contributed by atoms with Crippen molar-refractivity contribution in [3.05, 3.63) is 51.7 Å². The van der Waals surface area contributed by atoms with Crippen LogP contribution in [0.2, 0.25) is 0 Å². The van der Waals surface area contributed by atoms with Gasteiger partial charge in [0, 0.05) is 12.3 Å². The monoisotopic (exact) mass is 349 g/mol. The molecule has 7 heteroatoms. The number of carboxylic acids is 1. The second kappa shape index (κ2) is 9.17. The van der Waals surface area contributed by atoms with Gasteiger partial charge in [-0.15, -0.1) is 11.3 Å². The molecule has 0 fully saturated rings. The lowest BCUT2D eigenvalue weighted by molar-refractivity contribution is 0.0453. The van der Waals surface area contributed by atoms with Gasteiger partial charge in [0.15, 0.2) is 0 Å². The average Bonchev–Trinajstić information content (AvgIpc) is 3.05. The molecule has 24 heavy (non-hydrogen) atoms. The maximum atomic E-state index is 12.2. The second-order valence-corrected chi connectivity index (χ2v) is 5.96. The minimum Gasteiger partial charge on any atom is -0.477 e. The van der Waals surface area contributed by atoms with Crippen LogP contribution < -0.4 is 5.32 Å². The van der Waals surface area contributed by atoms with E-state index in [4.69, 9.17) is 14.6 Å². The van der Waals surface area contributed by atoms with Gasteiger partial charge in [-0.25, -0.2) is 4.79 Å². The Morgan fingerprint density at radius 2 is 1.88 bits per heavy atom. The number of thiophene rings is 1. The fraction of sp³-hybridized carbons (Fsp3) is 0.294. The van der Waals surface area contributed by atoms with Crippen LogP contribution in [0, 0.1) is 0 Å². The van der Waals surface area contributed by atoms with Crippen molar-refractivity contribution in [1.29, 1.82) is 0 Å². The van der Waals surface area contributed by atoms with Crippen LogP contribution in [0.1, 0.15) is 31.8 Å². The van der Waals surface area contributed by atoms with E-state index in [0.29, 0.717) is 37.0 Å². The van der Waals surface area contributed by atoms with Gasteiger partial charge in [-0.1, -0.05) is 12.1 Å². The van der Waals surface area contributed by atoms with Crippen LogP contribution in [-0.2, 0) is 16.1 Å². The van der Waals surface area contributed by atoms with Gasteiger partial charge in [0.05, 0.1) is 24.7 Å². The number of anilines is 1. The summed E-state index contributed by atoms with van der Waals surface area (Å²) in [6.45, 7) is 4.09. The summed E-state index contributed by atoms with van der Waals surface area (Å²) in [4.78, 5) is 23.5. The molecule has 2 rings (SSSR count). The molecule has 0 unspecified atom stereocenters. The molecular weight excluding hydrogens is 330 g/mol. The number of carbonyl (C=O) groups excluding carboxylic acids is 1. The summed E-state index contributed by atoms with van der Waals surface area (Å²) in [7, 11) is 0. The zero-order chi connectivity index (χ0) is 17.4. The van der Waals surface area contributed by atoms with Crippen molar-refractivity contribution in [2.45, 2.75) is 13.5 Å². The number of amides is 1. The maximum absolute atomic E-state index is 12.2. The molecule has 1 aromatic heterocycles. The highest BCUT2D eigenvalue weighted by molar-refractivity contribution is 7.15. The van der Waals surface area contributed by atoms with E-state index in [1.165, 1.54) is 12.1 Å². The Morgan fingerprint density at radius 1 is 1.12 bits per heavy atom. The molecule has 128 valence electrons. The van der Waals surface area contributed by atoms with Crippen molar-refractivity contribution in [3.8, 4) is 0 Å². The minimum atomic E-state index is -1.04. The third-order valence-corrected chi connectivity index (χ3v) is 4.14. The van der Waals surface area contributed by atoms with Crippen LogP contribution >= 0.6 is 11.3 Å². The first-order valence-corrected chi connectivity index (χ1v) is 8.30. The number of carboxylic acid groups (broad SMARTS) is 1. The van der Waals surface area contributed by atoms with Crippen molar-refractivity contribution in [3.63, 3.8) is 0 Å². The lowest BCUT2D eigenvalue weighted by Crippen LogP contribution is -2.10. The Labute approximate surface area is 144 Å². The van der Waals surface area contributed by atoms with Crippen LogP contribution in [0.5, 0.6) is 0 Å². The van der Waals surface area contributed by atoms with E-state index >= 15 is 0 Å². The molecule has 0 atom stereocenters. The number of aromatic carboxylic acids is 1. The molecule has 0 bridgehead atoms. The average molecular weight is 349 g/mol. The predicted octanol–water partition coefficient (Wildman–Crippen LogP) is 3.25. The number of carbonyl (C=O) groups is 2. The van der Waals surface area contributed by atoms with Gasteiger partial charge in [0.2, 0.25) is 0 Å². The SMILES string of the molecule is CCOCCOCc1cccc(NC(=O)c2ccc(C(=O)O)s2)c1. The predicted molar refractivity (Wildman–Crippen MR) is 91.8 cm³/mol. The zero-order valence-electron chi connectivity index (χ0n) is 13.3. The summed E-state index contributed by atoms with van der Waals surface area (Å²) in [6.07, 6.45) is 0. The topological polar surface area (TPSA) is 84.9 Å². The largest absolute Gasteiger partial charge is 0.477 e. The molecular formula is C17H19NO5S. The summed E-state index contributed by atoms with van der Waals surface area (Å²) in [5, 5.41) is 11.7. The van der Waals surface area contributed by atoms with E-state index in [9.17, 15) is 9.59 Å². The highest BCUT2D eigenvalue weighted by Crippen LogP contribution is 2.19. The summed E-state index contributed by atoms with van der Waals surface area (Å²) in [6, 6.07) is 10.3. The lowest BCUT2D eigenvalue weighted by atomic mass is 10.2. The van der Waals surface area contributed by atoms with Crippen LogP contribution in [0.25, 0.3) is 0 Å². The van der Waals surface area contributed by atoms with E-state index in [2.05, 4.69) is 5.32 Å². The third-order valence-electron chi connectivity index (χ3n) is 3.07. The quantitative estimate of drug-likeness (QED) is 0.679. The number of ether oxygens (including phenoxy) is 2. The smallest absolute Gasteiger partial charge is 0.345 e. The van der Waals surface area contributed by atoms with Crippen molar-refractivity contribution in [2.24, 2.45) is 0 Å². The molecule has 1 heterocycles. The van der Waals surface area contributed by atoms with Gasteiger partial charge in [-0.05, 0) is 36.8 Å². The highest BCUT2D eigenvalue weighted by Gasteiger charge is 2.13. The normalized spacial score (nSPS) is 10.5. The fourth-order valence-electron chi connectivity index (χ4n) is 1.96. The Bertz CT molecular complexity index is 698. The van der Waals surface area contributed by atoms with Crippen LogP contribution in [-0.4, -0.2) is 36.8 Å². The fourth-order valence-corrected chi connectivity index (χ4v) is 2.70. The molecule has 0 spiro atoms. The van der Waals surface area contributed by atoms with E-state index in [1.54, 1.807) is 6.07 Å². The van der Waals surface area contributed by atoms with Gasteiger partial charge in [0.25, 0.3) is 5.91 Å². The van der Waals surface area contributed by atoms with Crippen molar-refractivity contribution in [2.75, 3.05) is 25.1 Å². The van der Waals surface area contributed by atoms with Crippen molar-refractivity contribution < 1.29 is 24.2 Å². The number of hydrogen-bond donors (Lipinski definition) is 2. The van der Waals surface area contributed by atoms with Gasteiger partial charge >= 0.3 is 5.97 Å². The van der Waals surface area contributed by atoms with E-state index in [0.717, 1.165) is 16.9 Å². The summed E-state index contributed by atoms with van der Waals surface area (Å²) < 4.78 is 10.7. The summed E-state index contributed by atoms with van der Waals surface area (Å²) >= 11 is 0.944. The number of nitrogens with one attached hydrogen (secondary N) is 1. The van der Waals surface area contributed by atoms with E-state index < -0.39 is 5.97 Å². The molecule has 0 saturated heterocycles. The summed E-state index contributed by atoms with van der Waals surface area (Å²) in [5.74, 6) is -1.37. The minimum absolute atomic E-state index is 0.136. The number of benzene rings is 1. The highest BCUT2D eigenvalue weighted by atomic mass is 32.1. The first-order valence-electron chi connectivity index (χ1n) is 7.49. The lowest BCUT2D eigenvalue weighted by Gasteiger charge is -2.08. The van der Waals surface area contributed by atoms with Gasteiger partial charge in [-0.3, -0.25) is 4.79 Å². The molecule has 6 nitrogen and oxygen atoms in total. The molecule has 1 aromatic carbocycles. The molecule has 2 N–H and O–H groups in total. The first-order chi connectivity index (χ1) is 11.6. The molecule has 0 aliphatic carbocycles. The van der Waals surface area contributed by atoms with Crippen molar-refractivity contribution in [1.82, 2.24) is 0 Å². The third kappa shape index (κ3) is 5.45. The molecule has 2 aromatic rings. The van der Waals surface area contributed by atoms with E-state index in [-0.39, 0.29) is 10.8 Å². The Balaban J connectivity index is 1.90. The van der Waals surface area contributed by atoms with Crippen LogP contribution in [0.15, 0.2) is 36.4 Å². The molecule has 1 amide bonds. The zero-order valence-corrected chi connectivity index (χ0v) is 14.1. The van der Waals surface area contributed by atoms with Gasteiger partial charge < -0.3 is 19.9 Å². The number of rotatable bonds is 9. The van der Waals surface area contributed by atoms with E-state index in [1.807, 2.05) is 25.1 Å². The van der Waals surface area contributed by atoms with Crippen LogP contribution in [0.4, 0.5) is 5.69 Å². The van der Waals surface area contributed by atoms with Gasteiger partial charge in [-0.2, -0.15) is 0 Å². The Hall–Kier alpha value is -2.22. The first kappa shape index (κ1) is 18.1. The molecule has 0 radical (unpaired) electrons. The Morgan fingerprint density at radius 3 is 2.58 bits per heavy atom. The molecule has 0 saturated carbocycles. The van der Waals surface area contributed by atoms with Gasteiger partial charge in [0.1, 0.15) is 4.88 Å². The second-order valence-electron chi connectivity index (χ2n) is 4.87. The maximum Gasteiger partial charge on any atom is 0.345 e. The standard InChI is InChI=1S/C17H19NO5S/c1-2-22-8-9-23-11-12-4-3-5-13(10-12)18-16(19)14-6-7-15(24-14)17(20)21/h3-7,10H,2,8-9,11H2,1H3,(H,18,19)(H,20,21).